The summed E-state index contributed by atoms with van der Waals surface area (Å²) < 4.78 is 13.0. The van der Waals surface area contributed by atoms with Crippen LogP contribution in [0.25, 0.3) is 0 Å². The van der Waals surface area contributed by atoms with Crippen LogP contribution in [0, 0.1) is 5.82 Å². The van der Waals surface area contributed by atoms with Crippen LogP contribution in [0.4, 0.5) is 4.39 Å². The molecule has 0 aliphatic rings. The van der Waals surface area contributed by atoms with Gasteiger partial charge in [0, 0.05) is 6.54 Å². The van der Waals surface area contributed by atoms with Gasteiger partial charge < -0.3 is 5.32 Å². The Balaban J connectivity index is 1.89. The van der Waals surface area contributed by atoms with Crippen molar-refractivity contribution < 1.29 is 9.18 Å². The molecule has 0 saturated heterocycles. The van der Waals surface area contributed by atoms with Crippen molar-refractivity contribution >= 4 is 18.6 Å². The van der Waals surface area contributed by atoms with E-state index in [4.69, 9.17) is 0 Å². The zero-order valence-corrected chi connectivity index (χ0v) is 11.4. The minimum atomic E-state index is -0.289. The molecule has 1 radical (unpaired) electrons. The first-order valence-electron chi connectivity index (χ1n) is 6.57. The standard InChI is InChI=1S/C16H16BFNO/c1-17-14-6-2-4-12(8-14)10-16(20)19-11-13-5-3-7-15(18)9-13/h2-9H,10-11H2,1H3,(H,19,20). The van der Waals surface area contributed by atoms with Crippen LogP contribution in [-0.2, 0) is 17.8 Å². The fourth-order valence-electron chi connectivity index (χ4n) is 1.98. The van der Waals surface area contributed by atoms with Crippen molar-refractivity contribution in [3.05, 3.63) is 65.5 Å². The van der Waals surface area contributed by atoms with Crippen molar-refractivity contribution in [3.8, 4) is 0 Å². The maximum Gasteiger partial charge on any atom is 0.224 e. The number of amides is 1. The van der Waals surface area contributed by atoms with Crippen LogP contribution in [0.3, 0.4) is 0 Å². The molecule has 2 rings (SSSR count). The first-order chi connectivity index (χ1) is 9.67. The zero-order chi connectivity index (χ0) is 14.4. The average Bonchev–Trinajstić information content (AvgIpc) is 2.45. The van der Waals surface area contributed by atoms with Crippen molar-refractivity contribution in [2.45, 2.75) is 19.8 Å². The highest BCUT2D eigenvalue weighted by Gasteiger charge is 2.04. The molecule has 20 heavy (non-hydrogen) atoms. The Morgan fingerprint density at radius 2 is 1.90 bits per heavy atom. The van der Waals surface area contributed by atoms with Crippen LogP contribution in [0.1, 0.15) is 11.1 Å². The third kappa shape index (κ3) is 4.23. The van der Waals surface area contributed by atoms with E-state index in [0.717, 1.165) is 16.6 Å². The molecule has 1 amide bonds. The van der Waals surface area contributed by atoms with Crippen LogP contribution in [-0.4, -0.2) is 13.2 Å². The molecule has 0 saturated carbocycles. The van der Waals surface area contributed by atoms with Gasteiger partial charge in [-0.2, -0.15) is 0 Å². The van der Waals surface area contributed by atoms with Gasteiger partial charge in [0.25, 0.3) is 0 Å². The Morgan fingerprint density at radius 3 is 2.65 bits per heavy atom. The molecule has 1 N–H and O–H groups in total. The van der Waals surface area contributed by atoms with E-state index in [1.807, 2.05) is 38.4 Å². The normalized spacial score (nSPS) is 10.1. The smallest absolute Gasteiger partial charge is 0.224 e. The number of carbonyl (C=O) groups is 1. The number of benzene rings is 2. The Hall–Kier alpha value is -2.10. The highest BCUT2D eigenvalue weighted by molar-refractivity contribution is 6.51. The molecule has 0 spiro atoms. The van der Waals surface area contributed by atoms with E-state index in [9.17, 15) is 9.18 Å². The second-order valence-electron chi connectivity index (χ2n) is 4.62. The van der Waals surface area contributed by atoms with Crippen molar-refractivity contribution in [2.24, 2.45) is 0 Å². The Morgan fingerprint density at radius 1 is 1.15 bits per heavy atom. The summed E-state index contributed by atoms with van der Waals surface area (Å²) in [5.74, 6) is -0.356. The lowest BCUT2D eigenvalue weighted by molar-refractivity contribution is -0.120. The second-order valence-corrected chi connectivity index (χ2v) is 4.62. The molecular weight excluding hydrogens is 252 g/mol. The Labute approximate surface area is 119 Å². The van der Waals surface area contributed by atoms with E-state index in [2.05, 4.69) is 5.32 Å². The van der Waals surface area contributed by atoms with Gasteiger partial charge in [-0.25, -0.2) is 4.39 Å². The van der Waals surface area contributed by atoms with Gasteiger partial charge in [-0.1, -0.05) is 48.7 Å². The molecule has 101 valence electrons. The van der Waals surface area contributed by atoms with Gasteiger partial charge in [0.2, 0.25) is 5.91 Å². The molecule has 0 fully saturated rings. The lowest BCUT2D eigenvalue weighted by atomic mass is 9.73. The van der Waals surface area contributed by atoms with E-state index in [-0.39, 0.29) is 11.7 Å². The van der Waals surface area contributed by atoms with E-state index in [1.165, 1.54) is 12.1 Å². The molecule has 2 aromatic rings. The lowest BCUT2D eigenvalue weighted by Gasteiger charge is -2.06. The van der Waals surface area contributed by atoms with Crippen LogP contribution in [0.15, 0.2) is 48.5 Å². The minimum Gasteiger partial charge on any atom is -0.352 e. The van der Waals surface area contributed by atoms with Gasteiger partial charge in [-0.05, 0) is 23.3 Å². The van der Waals surface area contributed by atoms with Gasteiger partial charge in [-0.15, -0.1) is 0 Å². The molecule has 0 bridgehead atoms. The predicted octanol–water partition coefficient (Wildman–Crippen LogP) is 2.06. The lowest BCUT2D eigenvalue weighted by Crippen LogP contribution is -2.25. The van der Waals surface area contributed by atoms with Crippen molar-refractivity contribution in [1.82, 2.24) is 5.32 Å². The third-order valence-electron chi connectivity index (χ3n) is 3.03. The van der Waals surface area contributed by atoms with Crippen molar-refractivity contribution in [2.75, 3.05) is 0 Å². The summed E-state index contributed by atoms with van der Waals surface area (Å²) in [7, 11) is 1.99. The predicted molar refractivity (Wildman–Crippen MR) is 79.6 cm³/mol. The molecule has 2 aromatic carbocycles. The molecule has 0 atom stereocenters. The number of rotatable bonds is 5. The molecule has 0 aliphatic carbocycles. The van der Waals surface area contributed by atoms with Crippen LogP contribution >= 0.6 is 0 Å². The van der Waals surface area contributed by atoms with Crippen molar-refractivity contribution in [1.29, 1.82) is 0 Å². The van der Waals surface area contributed by atoms with Crippen molar-refractivity contribution in [3.63, 3.8) is 0 Å². The molecular formula is C16H16BFNO. The fourth-order valence-corrected chi connectivity index (χ4v) is 1.98. The SMILES string of the molecule is C[B]c1cccc(CC(=O)NCc2cccc(F)c2)c1. The fraction of sp³-hybridized carbons (Fsp3) is 0.188. The summed E-state index contributed by atoms with van der Waals surface area (Å²) in [5, 5.41) is 2.80. The maximum absolute atomic E-state index is 13.0. The number of halogens is 1. The summed E-state index contributed by atoms with van der Waals surface area (Å²) in [4.78, 5) is 11.9. The monoisotopic (exact) mass is 268 g/mol. The average molecular weight is 268 g/mol. The molecule has 0 aromatic heterocycles. The number of hydrogen-bond donors (Lipinski definition) is 1. The highest BCUT2D eigenvalue weighted by atomic mass is 19.1. The van der Waals surface area contributed by atoms with E-state index in [1.54, 1.807) is 12.1 Å². The molecule has 0 unspecified atom stereocenters. The van der Waals surface area contributed by atoms with E-state index < -0.39 is 0 Å². The third-order valence-corrected chi connectivity index (χ3v) is 3.03. The molecule has 2 nitrogen and oxygen atoms in total. The Bertz CT molecular complexity index is 601. The quantitative estimate of drug-likeness (QED) is 0.826. The maximum atomic E-state index is 13.0. The van der Waals surface area contributed by atoms with Gasteiger partial charge in [0.1, 0.15) is 13.1 Å². The number of nitrogens with one attached hydrogen (secondary N) is 1. The molecule has 4 heteroatoms. The molecule has 0 heterocycles. The van der Waals surface area contributed by atoms with Gasteiger partial charge in [0.15, 0.2) is 0 Å². The van der Waals surface area contributed by atoms with Gasteiger partial charge in [-0.3, -0.25) is 4.79 Å². The summed E-state index contributed by atoms with van der Waals surface area (Å²) in [6.07, 6.45) is 0.330. The first kappa shape index (κ1) is 14.3. The second kappa shape index (κ2) is 6.89. The Kier molecular flexibility index (Phi) is 4.94. The zero-order valence-electron chi connectivity index (χ0n) is 11.4. The van der Waals surface area contributed by atoms with Crippen LogP contribution < -0.4 is 10.8 Å². The summed E-state index contributed by atoms with van der Waals surface area (Å²) in [5.41, 5.74) is 2.83. The van der Waals surface area contributed by atoms with Crippen LogP contribution in [0.5, 0.6) is 0 Å². The molecule has 0 aliphatic heterocycles. The summed E-state index contributed by atoms with van der Waals surface area (Å²) >= 11 is 0. The van der Waals surface area contributed by atoms with E-state index >= 15 is 0 Å². The van der Waals surface area contributed by atoms with Gasteiger partial charge in [0.05, 0.1) is 6.42 Å². The summed E-state index contributed by atoms with van der Waals surface area (Å²) in [6, 6.07) is 14.1. The topological polar surface area (TPSA) is 29.1 Å². The first-order valence-corrected chi connectivity index (χ1v) is 6.57. The van der Waals surface area contributed by atoms with E-state index in [0.29, 0.717) is 13.0 Å². The number of hydrogen-bond acceptors (Lipinski definition) is 1. The highest BCUT2D eigenvalue weighted by Crippen LogP contribution is 2.03. The van der Waals surface area contributed by atoms with Crippen LogP contribution in [0.2, 0.25) is 6.82 Å². The minimum absolute atomic E-state index is 0.0671. The largest absolute Gasteiger partial charge is 0.352 e. The van der Waals surface area contributed by atoms with Gasteiger partial charge >= 0.3 is 0 Å². The number of carbonyl (C=O) groups excluding carboxylic acids is 1. The summed E-state index contributed by atoms with van der Waals surface area (Å²) in [6.45, 7) is 2.30.